The first-order valence-electron chi connectivity index (χ1n) is 9.38. The van der Waals surface area contributed by atoms with Gasteiger partial charge in [-0.2, -0.15) is 0 Å². The van der Waals surface area contributed by atoms with E-state index in [1.807, 2.05) is 19.2 Å². The van der Waals surface area contributed by atoms with Gasteiger partial charge in [-0.25, -0.2) is 8.42 Å². The fourth-order valence-corrected chi connectivity index (χ4v) is 6.02. The van der Waals surface area contributed by atoms with Crippen molar-refractivity contribution in [3.63, 3.8) is 0 Å². The van der Waals surface area contributed by atoms with Gasteiger partial charge in [0.1, 0.15) is 0 Å². The van der Waals surface area contributed by atoms with Crippen LogP contribution in [0.1, 0.15) is 25.0 Å². The second-order valence-corrected chi connectivity index (χ2v) is 10.2. The number of aromatic nitrogens is 2. The van der Waals surface area contributed by atoms with Crippen LogP contribution in [0, 0.1) is 12.8 Å². The van der Waals surface area contributed by atoms with Crippen LogP contribution in [0.3, 0.4) is 0 Å². The van der Waals surface area contributed by atoms with Crippen LogP contribution >= 0.6 is 0 Å². The van der Waals surface area contributed by atoms with Crippen molar-refractivity contribution in [2.75, 3.05) is 24.6 Å². The van der Waals surface area contributed by atoms with Crippen LogP contribution in [-0.2, 0) is 21.2 Å². The molecule has 0 bridgehead atoms. The molecule has 0 aromatic carbocycles. The van der Waals surface area contributed by atoms with Crippen molar-refractivity contribution in [2.24, 2.45) is 5.92 Å². The molecule has 4 rings (SSSR count). The summed E-state index contributed by atoms with van der Waals surface area (Å²) >= 11 is 0. The molecule has 4 heterocycles. The third-order valence-corrected chi connectivity index (χ3v) is 7.72. The van der Waals surface area contributed by atoms with Gasteiger partial charge in [0.25, 0.3) is 0 Å². The molecular weight excluding hydrogens is 366 g/mol. The zero-order chi connectivity index (χ0) is 19.2. The third kappa shape index (κ3) is 3.60. The van der Waals surface area contributed by atoms with E-state index in [4.69, 9.17) is 0 Å². The SMILES string of the molecule is Cc1cc2ccncc2n1CC1(O)CCN(C(=O)C2CCS(=O)(=O)C2)CC1. The first-order valence-corrected chi connectivity index (χ1v) is 11.2. The summed E-state index contributed by atoms with van der Waals surface area (Å²) in [5.74, 6) is -0.420. The zero-order valence-corrected chi connectivity index (χ0v) is 16.3. The van der Waals surface area contributed by atoms with Gasteiger partial charge in [-0.15, -0.1) is 0 Å². The van der Waals surface area contributed by atoms with Crippen LogP contribution in [0.2, 0.25) is 0 Å². The molecule has 1 unspecified atom stereocenters. The Morgan fingerprint density at radius 2 is 2.11 bits per heavy atom. The van der Waals surface area contributed by atoms with E-state index in [1.54, 1.807) is 11.1 Å². The number of pyridine rings is 1. The largest absolute Gasteiger partial charge is 0.388 e. The minimum Gasteiger partial charge on any atom is -0.388 e. The number of carbonyl (C=O) groups excluding carboxylic acids is 1. The average Bonchev–Trinajstić information content (AvgIpc) is 3.14. The Kier molecular flexibility index (Phi) is 4.50. The average molecular weight is 391 g/mol. The van der Waals surface area contributed by atoms with Gasteiger partial charge in [-0.3, -0.25) is 9.78 Å². The molecule has 0 radical (unpaired) electrons. The monoisotopic (exact) mass is 391 g/mol. The lowest BCUT2D eigenvalue weighted by Gasteiger charge is -2.39. The van der Waals surface area contributed by atoms with Gasteiger partial charge in [0, 0.05) is 30.4 Å². The number of hydrogen-bond acceptors (Lipinski definition) is 5. The summed E-state index contributed by atoms with van der Waals surface area (Å²) in [5.41, 5.74) is 1.18. The molecule has 2 saturated heterocycles. The Balaban J connectivity index is 1.43. The van der Waals surface area contributed by atoms with Crippen LogP contribution in [0.15, 0.2) is 24.5 Å². The number of nitrogens with zero attached hydrogens (tertiary/aromatic N) is 3. The molecule has 0 aliphatic carbocycles. The van der Waals surface area contributed by atoms with Gasteiger partial charge in [0.15, 0.2) is 9.84 Å². The molecule has 2 fully saturated rings. The maximum Gasteiger partial charge on any atom is 0.226 e. The standard InChI is InChI=1S/C19H25N3O4S/c1-14-10-15-2-6-20-11-17(15)22(14)13-19(24)4-7-21(8-5-19)18(23)16-3-9-27(25,26)12-16/h2,6,10-11,16,24H,3-5,7-9,12-13H2,1H3. The Bertz CT molecular complexity index is 974. The van der Waals surface area contributed by atoms with Crippen molar-refractivity contribution in [3.8, 4) is 0 Å². The van der Waals surface area contributed by atoms with Crippen LogP contribution in [0.5, 0.6) is 0 Å². The minimum atomic E-state index is -3.07. The topological polar surface area (TPSA) is 92.5 Å². The number of carbonyl (C=O) groups is 1. The molecule has 1 N–H and O–H groups in total. The number of sulfone groups is 1. The van der Waals surface area contributed by atoms with E-state index in [-0.39, 0.29) is 17.4 Å². The molecule has 2 aromatic rings. The maximum atomic E-state index is 12.6. The zero-order valence-electron chi connectivity index (χ0n) is 15.5. The second kappa shape index (κ2) is 6.60. The number of fused-ring (bicyclic) bond motifs is 1. The van der Waals surface area contributed by atoms with Gasteiger partial charge in [-0.1, -0.05) is 0 Å². The molecule has 1 amide bonds. The molecule has 146 valence electrons. The highest BCUT2D eigenvalue weighted by Gasteiger charge is 2.39. The summed E-state index contributed by atoms with van der Waals surface area (Å²) in [6.45, 7) is 3.40. The molecule has 0 spiro atoms. The summed E-state index contributed by atoms with van der Waals surface area (Å²) in [6.07, 6.45) is 4.96. The molecule has 2 aromatic heterocycles. The highest BCUT2D eigenvalue weighted by Crippen LogP contribution is 2.30. The van der Waals surface area contributed by atoms with Gasteiger partial charge in [-0.05, 0) is 38.3 Å². The van der Waals surface area contributed by atoms with Crippen molar-refractivity contribution in [3.05, 3.63) is 30.2 Å². The first-order chi connectivity index (χ1) is 12.8. The van der Waals surface area contributed by atoms with E-state index >= 15 is 0 Å². The Morgan fingerprint density at radius 3 is 2.78 bits per heavy atom. The number of hydrogen-bond donors (Lipinski definition) is 1. The summed E-state index contributed by atoms with van der Waals surface area (Å²) in [4.78, 5) is 18.5. The molecule has 27 heavy (non-hydrogen) atoms. The van der Waals surface area contributed by atoms with Crippen LogP contribution < -0.4 is 0 Å². The number of aliphatic hydroxyl groups is 1. The Labute approximate surface area is 158 Å². The lowest BCUT2D eigenvalue weighted by Crippen LogP contribution is -2.50. The summed E-state index contributed by atoms with van der Waals surface area (Å²) in [5, 5.41) is 12.2. The lowest BCUT2D eigenvalue weighted by molar-refractivity contribution is -0.139. The van der Waals surface area contributed by atoms with E-state index in [2.05, 4.69) is 15.6 Å². The van der Waals surface area contributed by atoms with Crippen molar-refractivity contribution >= 4 is 26.6 Å². The van der Waals surface area contributed by atoms with Crippen molar-refractivity contribution < 1.29 is 18.3 Å². The Hall–Kier alpha value is -1.93. The lowest BCUT2D eigenvalue weighted by atomic mass is 9.90. The van der Waals surface area contributed by atoms with Crippen molar-refractivity contribution in [1.82, 2.24) is 14.5 Å². The maximum absolute atomic E-state index is 12.6. The summed E-state index contributed by atoms with van der Waals surface area (Å²) in [6, 6.07) is 4.04. The molecule has 2 aliphatic rings. The predicted molar refractivity (Wildman–Crippen MR) is 102 cm³/mol. The fraction of sp³-hybridized carbons (Fsp3) is 0.579. The number of likely N-dealkylation sites (tertiary alicyclic amines) is 1. The molecule has 0 saturated carbocycles. The molecule has 2 aliphatic heterocycles. The number of rotatable bonds is 3. The smallest absolute Gasteiger partial charge is 0.226 e. The van der Waals surface area contributed by atoms with E-state index in [0.717, 1.165) is 16.6 Å². The van der Waals surface area contributed by atoms with Crippen LogP contribution in [-0.4, -0.2) is 64.1 Å². The van der Waals surface area contributed by atoms with Gasteiger partial charge in [0.2, 0.25) is 5.91 Å². The number of aryl methyl sites for hydroxylation is 1. The van der Waals surface area contributed by atoms with E-state index in [1.165, 1.54) is 0 Å². The molecule has 8 heteroatoms. The van der Waals surface area contributed by atoms with Crippen LogP contribution in [0.4, 0.5) is 0 Å². The van der Waals surface area contributed by atoms with E-state index in [0.29, 0.717) is 38.9 Å². The quantitative estimate of drug-likeness (QED) is 0.847. The fourth-order valence-electron chi connectivity index (χ4n) is 4.29. The third-order valence-electron chi connectivity index (χ3n) is 5.95. The summed E-state index contributed by atoms with van der Waals surface area (Å²) < 4.78 is 25.3. The molecule has 7 nitrogen and oxygen atoms in total. The summed E-state index contributed by atoms with van der Waals surface area (Å²) in [7, 11) is -3.07. The highest BCUT2D eigenvalue weighted by atomic mass is 32.2. The number of amides is 1. The highest BCUT2D eigenvalue weighted by molar-refractivity contribution is 7.91. The predicted octanol–water partition coefficient (Wildman–Crippen LogP) is 1.13. The van der Waals surface area contributed by atoms with Crippen LogP contribution in [0.25, 0.3) is 10.9 Å². The van der Waals surface area contributed by atoms with Gasteiger partial charge in [0.05, 0.1) is 41.3 Å². The molecule has 1 atom stereocenters. The van der Waals surface area contributed by atoms with Crippen molar-refractivity contribution in [2.45, 2.75) is 38.3 Å². The van der Waals surface area contributed by atoms with Crippen molar-refractivity contribution in [1.29, 1.82) is 0 Å². The Morgan fingerprint density at radius 1 is 1.37 bits per heavy atom. The minimum absolute atomic E-state index is 0.0336. The first kappa shape index (κ1) is 18.4. The van der Waals surface area contributed by atoms with E-state index < -0.39 is 21.4 Å². The molecular formula is C19H25N3O4S. The van der Waals surface area contributed by atoms with Gasteiger partial charge >= 0.3 is 0 Å². The van der Waals surface area contributed by atoms with Gasteiger partial charge < -0.3 is 14.6 Å². The normalized spacial score (nSPS) is 24.4. The second-order valence-electron chi connectivity index (χ2n) is 7.96. The number of piperidine rings is 1. The van der Waals surface area contributed by atoms with E-state index in [9.17, 15) is 18.3 Å².